The average molecular weight is 210 g/mol. The molecule has 0 fully saturated rings. The summed E-state index contributed by atoms with van der Waals surface area (Å²) in [4.78, 5) is 4.24. The van der Waals surface area contributed by atoms with Crippen LogP contribution in [0.25, 0.3) is 0 Å². The first-order chi connectivity index (χ1) is 7.06. The number of aliphatic hydroxyl groups excluding tert-OH is 1. The van der Waals surface area contributed by atoms with Crippen molar-refractivity contribution < 1.29 is 15.3 Å². The second-order valence-corrected chi connectivity index (χ2v) is 4.23. The fraction of sp³-hybridized carbons (Fsp3) is 0.500. The van der Waals surface area contributed by atoms with Gasteiger partial charge in [0.2, 0.25) is 0 Å². The van der Waals surface area contributed by atoms with Crippen molar-refractivity contribution in [2.75, 3.05) is 0 Å². The second-order valence-electron chi connectivity index (χ2n) is 4.23. The molecule has 0 aromatic heterocycles. The molecule has 84 valence electrons. The molecule has 0 saturated heterocycles. The van der Waals surface area contributed by atoms with Crippen molar-refractivity contribution in [1.82, 2.24) is 0 Å². The monoisotopic (exact) mass is 210 g/mol. The fourth-order valence-electron chi connectivity index (χ4n) is 1.36. The van der Waals surface area contributed by atoms with E-state index in [-0.39, 0.29) is 0 Å². The summed E-state index contributed by atoms with van der Waals surface area (Å²) >= 11 is 0. The van der Waals surface area contributed by atoms with E-state index < -0.39 is 11.7 Å². The molecule has 0 aliphatic heterocycles. The lowest BCUT2D eigenvalue weighted by Crippen LogP contribution is -2.38. The van der Waals surface area contributed by atoms with Crippen LogP contribution >= 0.6 is 0 Å². The van der Waals surface area contributed by atoms with E-state index in [1.165, 1.54) is 5.56 Å². The van der Waals surface area contributed by atoms with Crippen LogP contribution in [0, 0.1) is 0 Å². The van der Waals surface area contributed by atoms with Crippen molar-refractivity contribution in [1.29, 1.82) is 0 Å². The molecule has 0 amide bonds. The maximum atomic E-state index is 9.75. The van der Waals surface area contributed by atoms with E-state index in [0.717, 1.165) is 6.42 Å². The van der Waals surface area contributed by atoms with Crippen LogP contribution in [0.2, 0.25) is 0 Å². The minimum atomic E-state index is -0.908. The molecule has 1 atom stereocenters. The van der Waals surface area contributed by atoms with Crippen molar-refractivity contribution in [3.63, 3.8) is 0 Å². The summed E-state index contributed by atoms with van der Waals surface area (Å²) in [6.45, 7) is 3.31. The van der Waals surface area contributed by atoms with Gasteiger partial charge in [-0.3, -0.25) is 5.26 Å². The lowest BCUT2D eigenvalue weighted by atomic mass is 9.95. The SMILES string of the molecule is CC(C)(OO)C(O)CCc1ccccc1. The van der Waals surface area contributed by atoms with Crippen LogP contribution in [-0.4, -0.2) is 22.1 Å². The van der Waals surface area contributed by atoms with Crippen molar-refractivity contribution in [3.8, 4) is 0 Å². The first-order valence-electron chi connectivity index (χ1n) is 5.11. The number of benzene rings is 1. The minimum absolute atomic E-state index is 0.567. The van der Waals surface area contributed by atoms with E-state index in [1.807, 2.05) is 30.3 Å². The summed E-state index contributed by atoms with van der Waals surface area (Å²) in [5, 5.41) is 18.4. The average Bonchev–Trinajstić information content (AvgIpc) is 2.27. The second kappa shape index (κ2) is 5.26. The number of hydrogen-bond acceptors (Lipinski definition) is 3. The van der Waals surface area contributed by atoms with Crippen molar-refractivity contribution in [3.05, 3.63) is 35.9 Å². The Bertz CT molecular complexity index is 282. The van der Waals surface area contributed by atoms with Crippen molar-refractivity contribution in [2.45, 2.75) is 38.4 Å². The smallest absolute Gasteiger partial charge is 0.123 e. The topological polar surface area (TPSA) is 49.7 Å². The first-order valence-corrected chi connectivity index (χ1v) is 5.11. The molecular formula is C12H18O3. The van der Waals surface area contributed by atoms with Gasteiger partial charge < -0.3 is 5.11 Å². The van der Waals surface area contributed by atoms with Crippen LogP contribution in [0.4, 0.5) is 0 Å². The molecule has 3 nitrogen and oxygen atoms in total. The van der Waals surface area contributed by atoms with Gasteiger partial charge in [-0.15, -0.1) is 0 Å². The van der Waals surface area contributed by atoms with Gasteiger partial charge in [0.1, 0.15) is 5.60 Å². The Morgan fingerprint density at radius 1 is 1.27 bits per heavy atom. The molecule has 1 aromatic rings. The molecule has 1 rings (SSSR count). The van der Waals surface area contributed by atoms with Gasteiger partial charge in [-0.2, -0.15) is 0 Å². The van der Waals surface area contributed by atoms with Crippen molar-refractivity contribution >= 4 is 0 Å². The van der Waals surface area contributed by atoms with Crippen LogP contribution in [0.3, 0.4) is 0 Å². The van der Waals surface area contributed by atoms with E-state index in [0.29, 0.717) is 6.42 Å². The summed E-state index contributed by atoms with van der Waals surface area (Å²) in [5.74, 6) is 0. The molecule has 3 heteroatoms. The molecular weight excluding hydrogens is 192 g/mol. The molecule has 0 radical (unpaired) electrons. The standard InChI is InChI=1S/C12H18O3/c1-12(2,15-14)11(13)9-8-10-6-4-3-5-7-10/h3-7,11,13-14H,8-9H2,1-2H3. The Morgan fingerprint density at radius 3 is 2.40 bits per heavy atom. The van der Waals surface area contributed by atoms with Crippen LogP contribution < -0.4 is 0 Å². The third kappa shape index (κ3) is 3.63. The minimum Gasteiger partial charge on any atom is -0.390 e. The maximum Gasteiger partial charge on any atom is 0.123 e. The van der Waals surface area contributed by atoms with Gasteiger partial charge >= 0.3 is 0 Å². The first kappa shape index (κ1) is 12.2. The summed E-state index contributed by atoms with van der Waals surface area (Å²) in [6, 6.07) is 9.92. The summed E-state index contributed by atoms with van der Waals surface area (Å²) in [6.07, 6.45) is 0.662. The summed E-state index contributed by atoms with van der Waals surface area (Å²) in [7, 11) is 0. The highest BCUT2D eigenvalue weighted by Gasteiger charge is 2.28. The van der Waals surface area contributed by atoms with Gasteiger partial charge in [-0.05, 0) is 32.3 Å². The summed E-state index contributed by atoms with van der Waals surface area (Å²) in [5.41, 5.74) is 0.264. The highest BCUT2D eigenvalue weighted by molar-refractivity contribution is 5.14. The molecule has 15 heavy (non-hydrogen) atoms. The number of aryl methyl sites for hydroxylation is 1. The molecule has 0 heterocycles. The number of rotatable bonds is 5. The van der Waals surface area contributed by atoms with E-state index in [2.05, 4.69) is 4.89 Å². The Kier molecular flexibility index (Phi) is 4.27. The number of aliphatic hydroxyl groups is 1. The lowest BCUT2D eigenvalue weighted by molar-refractivity contribution is -0.333. The Hall–Kier alpha value is -0.900. The molecule has 1 aromatic carbocycles. The van der Waals surface area contributed by atoms with E-state index in [4.69, 9.17) is 5.26 Å². The zero-order valence-electron chi connectivity index (χ0n) is 9.18. The zero-order chi connectivity index (χ0) is 11.3. The maximum absolute atomic E-state index is 9.75. The predicted molar refractivity (Wildman–Crippen MR) is 58.6 cm³/mol. The van der Waals surface area contributed by atoms with E-state index >= 15 is 0 Å². The third-order valence-electron chi connectivity index (χ3n) is 2.59. The predicted octanol–water partition coefficient (Wildman–Crippen LogP) is 2.25. The molecule has 0 spiro atoms. The third-order valence-corrected chi connectivity index (χ3v) is 2.59. The highest BCUT2D eigenvalue weighted by atomic mass is 17.1. The van der Waals surface area contributed by atoms with Gasteiger partial charge in [0.05, 0.1) is 6.10 Å². The van der Waals surface area contributed by atoms with Crippen LogP contribution in [0.5, 0.6) is 0 Å². The van der Waals surface area contributed by atoms with Gasteiger partial charge in [0.25, 0.3) is 0 Å². The molecule has 1 unspecified atom stereocenters. The highest BCUT2D eigenvalue weighted by Crippen LogP contribution is 2.18. The Balaban J connectivity index is 2.44. The van der Waals surface area contributed by atoms with E-state index in [9.17, 15) is 5.11 Å². The van der Waals surface area contributed by atoms with Crippen LogP contribution in [0.15, 0.2) is 30.3 Å². The Labute approximate surface area is 90.3 Å². The van der Waals surface area contributed by atoms with Crippen LogP contribution in [-0.2, 0) is 11.3 Å². The van der Waals surface area contributed by atoms with Crippen molar-refractivity contribution in [2.24, 2.45) is 0 Å². The lowest BCUT2D eigenvalue weighted by Gasteiger charge is -2.26. The van der Waals surface area contributed by atoms with Crippen LogP contribution in [0.1, 0.15) is 25.8 Å². The number of hydrogen-bond donors (Lipinski definition) is 2. The zero-order valence-corrected chi connectivity index (χ0v) is 9.18. The summed E-state index contributed by atoms with van der Waals surface area (Å²) < 4.78 is 0. The quantitative estimate of drug-likeness (QED) is 0.579. The molecule has 0 bridgehead atoms. The molecule has 0 saturated carbocycles. The van der Waals surface area contributed by atoms with Gasteiger partial charge in [-0.25, -0.2) is 4.89 Å². The molecule has 0 aliphatic rings. The van der Waals surface area contributed by atoms with Gasteiger partial charge in [0, 0.05) is 0 Å². The fourth-order valence-corrected chi connectivity index (χ4v) is 1.36. The molecule has 2 N–H and O–H groups in total. The largest absolute Gasteiger partial charge is 0.390 e. The normalized spacial score (nSPS) is 13.9. The molecule has 0 aliphatic carbocycles. The van der Waals surface area contributed by atoms with E-state index in [1.54, 1.807) is 13.8 Å². The Morgan fingerprint density at radius 2 is 1.87 bits per heavy atom. The van der Waals surface area contributed by atoms with Gasteiger partial charge in [-0.1, -0.05) is 30.3 Å². The van der Waals surface area contributed by atoms with Gasteiger partial charge in [0.15, 0.2) is 0 Å².